The summed E-state index contributed by atoms with van der Waals surface area (Å²) in [6.45, 7) is 3.06. The summed E-state index contributed by atoms with van der Waals surface area (Å²) in [5.41, 5.74) is 1.87. The van der Waals surface area contributed by atoms with Crippen LogP contribution in [0.15, 0.2) is 17.2 Å². The van der Waals surface area contributed by atoms with E-state index in [1.807, 2.05) is 10.7 Å². The third kappa shape index (κ3) is 2.74. The second kappa shape index (κ2) is 6.68. The molecule has 4 rings (SSSR count). The van der Waals surface area contributed by atoms with E-state index in [-0.39, 0.29) is 12.1 Å². The minimum Gasteiger partial charge on any atom is -0.465 e. The number of hydrogen-bond acceptors (Lipinski definition) is 6. The Morgan fingerprint density at radius 1 is 1.38 bits per heavy atom. The molecule has 0 unspecified atom stereocenters. The number of aryl methyl sites for hydroxylation is 2. The topological polar surface area (TPSA) is 79.0 Å². The highest BCUT2D eigenvalue weighted by molar-refractivity contribution is 7.18. The summed E-state index contributed by atoms with van der Waals surface area (Å²) in [6, 6.07) is 1.91. The summed E-state index contributed by atoms with van der Waals surface area (Å²) >= 11 is 1.54. The van der Waals surface area contributed by atoms with Gasteiger partial charge < -0.3 is 4.74 Å². The molecule has 1 aliphatic rings. The minimum atomic E-state index is -0.394. The second-order valence-electron chi connectivity index (χ2n) is 6.40. The van der Waals surface area contributed by atoms with Gasteiger partial charge in [0.15, 0.2) is 0 Å². The number of carbonyl (C=O) groups excluding carboxylic acids is 1. The molecule has 0 amide bonds. The van der Waals surface area contributed by atoms with Crippen LogP contribution in [0.25, 0.3) is 10.2 Å². The second-order valence-corrected chi connectivity index (χ2v) is 7.52. The fourth-order valence-corrected chi connectivity index (χ4v) is 4.38. The minimum absolute atomic E-state index is 0.104. The van der Waals surface area contributed by atoms with Gasteiger partial charge in [0.1, 0.15) is 10.4 Å². The van der Waals surface area contributed by atoms with Crippen LogP contribution in [0.2, 0.25) is 0 Å². The summed E-state index contributed by atoms with van der Waals surface area (Å²) < 4.78 is 8.36. The molecule has 0 saturated carbocycles. The van der Waals surface area contributed by atoms with Gasteiger partial charge in [-0.2, -0.15) is 5.10 Å². The first-order valence-corrected chi connectivity index (χ1v) is 9.58. The average Bonchev–Trinajstić information content (AvgIpc) is 3.24. The number of carbonyl (C=O) groups is 1. The van der Waals surface area contributed by atoms with Gasteiger partial charge in [-0.25, -0.2) is 9.78 Å². The van der Waals surface area contributed by atoms with Gasteiger partial charge in [-0.05, 0) is 31.7 Å². The van der Waals surface area contributed by atoms with Crippen molar-refractivity contribution in [2.24, 2.45) is 0 Å². The first-order chi connectivity index (χ1) is 12.6. The van der Waals surface area contributed by atoms with E-state index in [1.165, 1.54) is 11.7 Å². The molecule has 0 atom stereocenters. The Hall–Kier alpha value is -2.48. The molecule has 3 aromatic rings. The van der Waals surface area contributed by atoms with Crippen molar-refractivity contribution in [1.29, 1.82) is 0 Å². The van der Waals surface area contributed by atoms with E-state index < -0.39 is 5.97 Å². The Morgan fingerprint density at radius 2 is 2.23 bits per heavy atom. The Bertz CT molecular complexity index is 1050. The molecule has 26 heavy (non-hydrogen) atoms. The van der Waals surface area contributed by atoms with Crippen molar-refractivity contribution in [3.63, 3.8) is 0 Å². The monoisotopic (exact) mass is 372 g/mol. The molecule has 0 spiro atoms. The first kappa shape index (κ1) is 17.0. The Kier molecular flexibility index (Phi) is 4.36. The number of esters is 1. The molecule has 0 saturated heterocycles. The molecule has 136 valence electrons. The molecule has 8 heteroatoms. The number of rotatable bonds is 4. The molecular weight excluding hydrogens is 352 g/mol. The predicted octanol–water partition coefficient (Wildman–Crippen LogP) is 2.39. The van der Waals surface area contributed by atoms with E-state index in [1.54, 1.807) is 17.7 Å². The quantitative estimate of drug-likeness (QED) is 0.657. The summed E-state index contributed by atoms with van der Waals surface area (Å²) in [7, 11) is 1.37. The van der Waals surface area contributed by atoms with Crippen LogP contribution < -0.4 is 5.56 Å². The molecule has 0 bridgehead atoms. The normalized spacial score (nSPS) is 13.8. The molecule has 0 fully saturated rings. The standard InChI is InChI=1S/C18H20N4O3S/c1-3-11-8-12-16(26-11)19-10-21(17(12)23)9-13-15(18(24)25-2)14-6-4-5-7-22(14)20-13/h8,10H,3-7,9H2,1-2H3. The number of ether oxygens (including phenoxy) is 1. The summed E-state index contributed by atoms with van der Waals surface area (Å²) in [6.07, 6.45) is 5.28. The van der Waals surface area contributed by atoms with Gasteiger partial charge >= 0.3 is 5.97 Å². The van der Waals surface area contributed by atoms with Gasteiger partial charge in [0.2, 0.25) is 0 Å². The number of hydrogen-bond donors (Lipinski definition) is 0. The van der Waals surface area contributed by atoms with Crippen molar-refractivity contribution < 1.29 is 9.53 Å². The van der Waals surface area contributed by atoms with Crippen LogP contribution >= 0.6 is 11.3 Å². The molecule has 0 radical (unpaired) electrons. The zero-order chi connectivity index (χ0) is 18.3. The Labute approximate surface area is 154 Å². The van der Waals surface area contributed by atoms with E-state index in [0.29, 0.717) is 16.6 Å². The molecule has 7 nitrogen and oxygen atoms in total. The molecule has 1 aliphatic heterocycles. The third-order valence-electron chi connectivity index (χ3n) is 4.79. The fraction of sp³-hybridized carbons (Fsp3) is 0.444. The van der Waals surface area contributed by atoms with E-state index in [2.05, 4.69) is 17.0 Å². The zero-order valence-electron chi connectivity index (χ0n) is 14.8. The molecule has 3 aromatic heterocycles. The van der Waals surface area contributed by atoms with Gasteiger partial charge in [-0.15, -0.1) is 11.3 Å². The smallest absolute Gasteiger partial charge is 0.341 e. The lowest BCUT2D eigenvalue weighted by Gasteiger charge is -2.13. The van der Waals surface area contributed by atoms with Crippen molar-refractivity contribution >= 4 is 27.5 Å². The van der Waals surface area contributed by atoms with Gasteiger partial charge in [-0.1, -0.05) is 6.92 Å². The van der Waals surface area contributed by atoms with Crippen LogP contribution in [0.5, 0.6) is 0 Å². The first-order valence-electron chi connectivity index (χ1n) is 8.77. The SMILES string of the molecule is CCc1cc2c(=O)n(Cc3nn4c(c3C(=O)OC)CCCC4)cnc2s1. The number of nitrogens with zero attached hydrogens (tertiary/aromatic N) is 4. The van der Waals surface area contributed by atoms with E-state index in [9.17, 15) is 9.59 Å². The highest BCUT2D eigenvalue weighted by atomic mass is 32.1. The van der Waals surface area contributed by atoms with Gasteiger partial charge in [-0.3, -0.25) is 14.0 Å². The molecule has 0 N–H and O–H groups in total. The van der Waals surface area contributed by atoms with E-state index in [0.717, 1.165) is 47.6 Å². The Balaban J connectivity index is 1.79. The molecule has 0 aliphatic carbocycles. The predicted molar refractivity (Wildman–Crippen MR) is 98.9 cm³/mol. The summed E-state index contributed by atoms with van der Waals surface area (Å²) in [5.74, 6) is -0.394. The fourth-order valence-electron chi connectivity index (χ4n) is 3.45. The van der Waals surface area contributed by atoms with Crippen molar-refractivity contribution in [3.8, 4) is 0 Å². The largest absolute Gasteiger partial charge is 0.465 e. The zero-order valence-corrected chi connectivity index (χ0v) is 15.6. The van der Waals surface area contributed by atoms with Crippen molar-refractivity contribution in [2.45, 2.75) is 45.7 Å². The van der Waals surface area contributed by atoms with Crippen molar-refractivity contribution in [2.75, 3.05) is 7.11 Å². The maximum Gasteiger partial charge on any atom is 0.341 e. The molecule has 0 aromatic carbocycles. The Morgan fingerprint density at radius 3 is 3.00 bits per heavy atom. The van der Waals surface area contributed by atoms with E-state index in [4.69, 9.17) is 4.74 Å². The lowest BCUT2D eigenvalue weighted by atomic mass is 10.0. The molecule has 4 heterocycles. The van der Waals surface area contributed by atoms with Gasteiger partial charge in [0.05, 0.1) is 36.8 Å². The van der Waals surface area contributed by atoms with Crippen LogP contribution in [0.1, 0.15) is 46.4 Å². The van der Waals surface area contributed by atoms with Crippen molar-refractivity contribution in [3.05, 3.63) is 44.6 Å². The van der Waals surface area contributed by atoms with Crippen LogP contribution in [0.3, 0.4) is 0 Å². The number of aromatic nitrogens is 4. The van der Waals surface area contributed by atoms with Gasteiger partial charge in [0.25, 0.3) is 5.56 Å². The molecular formula is C18H20N4O3S. The van der Waals surface area contributed by atoms with E-state index >= 15 is 0 Å². The maximum absolute atomic E-state index is 12.8. The summed E-state index contributed by atoms with van der Waals surface area (Å²) in [4.78, 5) is 31.5. The number of thiophene rings is 1. The summed E-state index contributed by atoms with van der Waals surface area (Å²) in [5, 5.41) is 5.21. The number of fused-ring (bicyclic) bond motifs is 2. The lowest BCUT2D eigenvalue weighted by molar-refractivity contribution is 0.0597. The highest BCUT2D eigenvalue weighted by Gasteiger charge is 2.26. The number of methoxy groups -OCH3 is 1. The maximum atomic E-state index is 12.8. The van der Waals surface area contributed by atoms with Crippen molar-refractivity contribution in [1.82, 2.24) is 19.3 Å². The van der Waals surface area contributed by atoms with Crippen LogP contribution in [-0.4, -0.2) is 32.4 Å². The van der Waals surface area contributed by atoms with Gasteiger partial charge in [0, 0.05) is 11.4 Å². The van der Waals surface area contributed by atoms with Crippen LogP contribution in [0, 0.1) is 0 Å². The lowest BCUT2D eigenvalue weighted by Crippen LogP contribution is -2.22. The average molecular weight is 372 g/mol. The van der Waals surface area contributed by atoms with Crippen LogP contribution in [-0.2, 0) is 30.7 Å². The van der Waals surface area contributed by atoms with Crippen LogP contribution in [0.4, 0.5) is 0 Å². The highest BCUT2D eigenvalue weighted by Crippen LogP contribution is 2.24. The third-order valence-corrected chi connectivity index (χ3v) is 5.98.